The van der Waals surface area contributed by atoms with Crippen LogP contribution in [0.1, 0.15) is 16.1 Å². The first-order valence-corrected chi connectivity index (χ1v) is 7.26. The Hall–Kier alpha value is -1.27. The molecule has 19 heavy (non-hydrogen) atoms. The van der Waals surface area contributed by atoms with Gasteiger partial charge in [0.25, 0.3) is 5.69 Å². The van der Waals surface area contributed by atoms with Crippen LogP contribution in [-0.2, 0) is 6.42 Å². The predicted molar refractivity (Wildman–Crippen MR) is 80.4 cm³/mol. The molecule has 0 aliphatic rings. The van der Waals surface area contributed by atoms with Crippen molar-refractivity contribution in [3.05, 3.63) is 68.4 Å². The molecule has 4 nitrogen and oxygen atoms in total. The third kappa shape index (κ3) is 3.61. The summed E-state index contributed by atoms with van der Waals surface area (Å²) in [4.78, 5) is 14.5. The van der Waals surface area contributed by atoms with E-state index < -0.39 is 4.92 Å². The molecule has 0 aliphatic carbocycles. The second-order valence-corrected chi connectivity index (χ2v) is 5.92. The zero-order chi connectivity index (χ0) is 13.8. The van der Waals surface area contributed by atoms with Crippen molar-refractivity contribution >= 4 is 37.5 Å². The molecule has 1 aromatic heterocycles. The van der Waals surface area contributed by atoms with Crippen molar-refractivity contribution in [3.63, 3.8) is 0 Å². The van der Waals surface area contributed by atoms with E-state index in [9.17, 15) is 10.1 Å². The minimum Gasteiger partial charge on any atom is -0.258 e. The van der Waals surface area contributed by atoms with Gasteiger partial charge in [0, 0.05) is 21.8 Å². The topological polar surface area (TPSA) is 56.0 Å². The van der Waals surface area contributed by atoms with Gasteiger partial charge in [-0.15, -0.1) is 0 Å². The Balaban J connectivity index is 2.18. The molecule has 0 amide bonds. The molecule has 0 spiro atoms. The zero-order valence-electron chi connectivity index (χ0n) is 9.79. The molecule has 1 atom stereocenters. The molecule has 0 saturated heterocycles. The van der Waals surface area contributed by atoms with Crippen LogP contribution in [-0.4, -0.2) is 9.91 Å². The van der Waals surface area contributed by atoms with Gasteiger partial charge in [-0.1, -0.05) is 46.3 Å². The van der Waals surface area contributed by atoms with Gasteiger partial charge in [-0.2, -0.15) is 0 Å². The molecule has 0 saturated carbocycles. The van der Waals surface area contributed by atoms with E-state index in [0.29, 0.717) is 10.9 Å². The van der Waals surface area contributed by atoms with Gasteiger partial charge in [0.2, 0.25) is 0 Å². The summed E-state index contributed by atoms with van der Waals surface area (Å²) in [7, 11) is 0. The molecule has 0 N–H and O–H groups in total. The van der Waals surface area contributed by atoms with E-state index in [1.165, 1.54) is 12.3 Å². The molecule has 0 bridgehead atoms. The number of alkyl halides is 1. The summed E-state index contributed by atoms with van der Waals surface area (Å²) >= 11 is 6.94. The lowest BCUT2D eigenvalue weighted by atomic mass is 10.1. The fraction of sp³-hybridized carbons (Fsp3) is 0.154. The highest BCUT2D eigenvalue weighted by molar-refractivity contribution is 9.10. The van der Waals surface area contributed by atoms with Crippen LogP contribution in [0.5, 0.6) is 0 Å². The largest absolute Gasteiger partial charge is 0.288 e. The molecule has 1 heterocycles. The maximum absolute atomic E-state index is 10.6. The Labute approximate surface area is 127 Å². The van der Waals surface area contributed by atoms with Crippen molar-refractivity contribution in [2.45, 2.75) is 11.2 Å². The molecule has 1 aromatic carbocycles. The summed E-state index contributed by atoms with van der Waals surface area (Å²) < 4.78 is 0.655. The molecule has 0 fully saturated rings. The molecular weight excluding hydrogens is 376 g/mol. The molecule has 6 heteroatoms. The maximum atomic E-state index is 10.6. The van der Waals surface area contributed by atoms with E-state index in [0.717, 1.165) is 11.3 Å². The third-order valence-corrected chi connectivity index (χ3v) is 4.19. The fourth-order valence-corrected chi connectivity index (χ4v) is 2.77. The summed E-state index contributed by atoms with van der Waals surface area (Å²) in [5.74, 6) is 0. The van der Waals surface area contributed by atoms with Crippen molar-refractivity contribution in [2.75, 3.05) is 0 Å². The Morgan fingerprint density at radius 1 is 1.32 bits per heavy atom. The van der Waals surface area contributed by atoms with Gasteiger partial charge < -0.3 is 0 Å². The van der Waals surface area contributed by atoms with Gasteiger partial charge >= 0.3 is 0 Å². The number of nitrogens with zero attached hydrogens (tertiary/aromatic N) is 2. The molecule has 2 aromatic rings. The number of benzene rings is 1. The fourth-order valence-electron chi connectivity index (χ4n) is 1.66. The average Bonchev–Trinajstić information content (AvgIpc) is 2.41. The van der Waals surface area contributed by atoms with Gasteiger partial charge in [-0.3, -0.25) is 15.1 Å². The standard InChI is InChI=1S/C13H10Br2N2O2/c14-11(9-4-2-1-3-5-9)7-13-12(15)6-10(8-16-13)17(18)19/h1-6,8,11H,7H2. The van der Waals surface area contributed by atoms with Gasteiger partial charge in [0.1, 0.15) is 6.20 Å². The van der Waals surface area contributed by atoms with Crippen molar-refractivity contribution in [3.8, 4) is 0 Å². The summed E-state index contributed by atoms with van der Waals surface area (Å²) in [5, 5.41) is 10.6. The summed E-state index contributed by atoms with van der Waals surface area (Å²) in [6.45, 7) is 0. The normalized spacial score (nSPS) is 12.1. The predicted octanol–water partition coefficient (Wildman–Crippen LogP) is 4.43. The van der Waals surface area contributed by atoms with Crippen molar-refractivity contribution in [1.82, 2.24) is 4.98 Å². The van der Waals surface area contributed by atoms with E-state index in [1.54, 1.807) is 0 Å². The van der Waals surface area contributed by atoms with Crippen molar-refractivity contribution in [1.29, 1.82) is 0 Å². The number of hydrogen-bond donors (Lipinski definition) is 0. The Kier molecular flexibility index (Phi) is 4.66. The third-order valence-electron chi connectivity index (χ3n) is 2.65. The summed E-state index contributed by atoms with van der Waals surface area (Å²) in [6.07, 6.45) is 1.94. The quantitative estimate of drug-likeness (QED) is 0.444. The molecule has 1 unspecified atom stereocenters. The van der Waals surface area contributed by atoms with Crippen LogP contribution in [0.25, 0.3) is 0 Å². The van der Waals surface area contributed by atoms with Crippen molar-refractivity contribution in [2.24, 2.45) is 0 Å². The minimum absolute atomic E-state index is 0.0125. The van der Waals surface area contributed by atoms with E-state index in [4.69, 9.17) is 0 Å². The number of aromatic nitrogens is 1. The minimum atomic E-state index is -0.454. The van der Waals surface area contributed by atoms with Crippen LogP contribution in [0.2, 0.25) is 0 Å². The van der Waals surface area contributed by atoms with E-state index in [-0.39, 0.29) is 10.5 Å². The highest BCUT2D eigenvalue weighted by Crippen LogP contribution is 2.30. The average molecular weight is 386 g/mol. The van der Waals surface area contributed by atoms with Crippen LogP contribution in [0.3, 0.4) is 0 Å². The highest BCUT2D eigenvalue weighted by atomic mass is 79.9. The van der Waals surface area contributed by atoms with E-state index in [2.05, 4.69) is 36.8 Å². The Bertz CT molecular complexity index is 590. The first-order valence-electron chi connectivity index (χ1n) is 5.55. The van der Waals surface area contributed by atoms with Crippen molar-refractivity contribution < 1.29 is 4.92 Å². The number of halogens is 2. The first kappa shape index (κ1) is 14.1. The summed E-state index contributed by atoms with van der Waals surface area (Å²) in [5.41, 5.74) is 1.92. The molecule has 0 aliphatic heterocycles. The van der Waals surface area contributed by atoms with Crippen LogP contribution >= 0.6 is 31.9 Å². The number of hydrogen-bond acceptors (Lipinski definition) is 3. The summed E-state index contributed by atoms with van der Waals surface area (Å²) in [6, 6.07) is 11.4. The lowest BCUT2D eigenvalue weighted by molar-refractivity contribution is -0.385. The van der Waals surface area contributed by atoms with Crippen LogP contribution in [0.15, 0.2) is 47.1 Å². The van der Waals surface area contributed by atoms with Crippen LogP contribution in [0.4, 0.5) is 5.69 Å². The van der Waals surface area contributed by atoms with Crippen LogP contribution < -0.4 is 0 Å². The number of rotatable bonds is 4. The molecule has 2 rings (SSSR count). The van der Waals surface area contributed by atoms with Gasteiger partial charge in [0.05, 0.1) is 10.6 Å². The lowest BCUT2D eigenvalue weighted by Gasteiger charge is -2.10. The lowest BCUT2D eigenvalue weighted by Crippen LogP contribution is -2.00. The maximum Gasteiger partial charge on any atom is 0.288 e. The first-order chi connectivity index (χ1) is 9.08. The molecule has 98 valence electrons. The number of nitro groups is 1. The van der Waals surface area contributed by atoms with Gasteiger partial charge in [-0.05, 0) is 21.5 Å². The Morgan fingerprint density at radius 3 is 2.58 bits per heavy atom. The molecular formula is C13H10Br2N2O2. The van der Waals surface area contributed by atoms with E-state index >= 15 is 0 Å². The second-order valence-electron chi connectivity index (χ2n) is 3.96. The van der Waals surface area contributed by atoms with Gasteiger partial charge in [0.15, 0.2) is 0 Å². The smallest absolute Gasteiger partial charge is 0.258 e. The van der Waals surface area contributed by atoms with Gasteiger partial charge in [-0.25, -0.2) is 0 Å². The number of pyridine rings is 1. The molecule has 0 radical (unpaired) electrons. The zero-order valence-corrected chi connectivity index (χ0v) is 13.0. The Morgan fingerprint density at radius 2 is 2.00 bits per heavy atom. The highest BCUT2D eigenvalue weighted by Gasteiger charge is 2.14. The van der Waals surface area contributed by atoms with Crippen LogP contribution in [0, 0.1) is 10.1 Å². The van der Waals surface area contributed by atoms with E-state index in [1.807, 2.05) is 30.3 Å². The second kappa shape index (κ2) is 6.25. The monoisotopic (exact) mass is 384 g/mol. The SMILES string of the molecule is O=[N+]([O-])c1cnc(CC(Br)c2ccccc2)c(Br)c1.